The summed E-state index contributed by atoms with van der Waals surface area (Å²) in [5, 5.41) is 3.63. The summed E-state index contributed by atoms with van der Waals surface area (Å²) < 4.78 is 49.1. The first-order chi connectivity index (χ1) is 14.4. The van der Waals surface area contributed by atoms with E-state index in [0.29, 0.717) is 12.5 Å². The summed E-state index contributed by atoms with van der Waals surface area (Å²) in [6, 6.07) is 15.3. The highest BCUT2D eigenvalue weighted by atomic mass is 19.4. The van der Waals surface area contributed by atoms with Crippen LogP contribution in [0.4, 0.5) is 13.2 Å². The first-order valence-electron chi connectivity index (χ1n) is 10.8. The Hall–Kier alpha value is -2.05. The molecule has 3 fully saturated rings. The molecule has 0 bridgehead atoms. The quantitative estimate of drug-likeness (QED) is 0.679. The summed E-state index contributed by atoms with van der Waals surface area (Å²) in [6.45, 7) is 1.47. The Morgan fingerprint density at radius 2 is 1.80 bits per heavy atom. The van der Waals surface area contributed by atoms with E-state index < -0.39 is 6.36 Å². The molecule has 0 amide bonds. The van der Waals surface area contributed by atoms with Crippen LogP contribution in [0.3, 0.4) is 0 Å². The van der Waals surface area contributed by atoms with Crippen LogP contribution in [0.2, 0.25) is 0 Å². The third-order valence-corrected chi connectivity index (χ3v) is 6.70. The minimum Gasteiger partial charge on any atom is -0.406 e. The third kappa shape index (κ3) is 3.95. The first-order valence-corrected chi connectivity index (χ1v) is 10.8. The number of rotatable bonds is 4. The van der Waals surface area contributed by atoms with Gasteiger partial charge < -0.3 is 14.8 Å². The van der Waals surface area contributed by atoms with Gasteiger partial charge in [-0.1, -0.05) is 36.4 Å². The Balaban J connectivity index is 1.45. The van der Waals surface area contributed by atoms with Crippen molar-refractivity contribution in [1.82, 2.24) is 5.32 Å². The summed E-state index contributed by atoms with van der Waals surface area (Å²) in [5.41, 5.74) is 3.00. The summed E-state index contributed by atoms with van der Waals surface area (Å²) in [4.78, 5) is 0. The lowest BCUT2D eigenvalue weighted by molar-refractivity contribution is -0.274. The standard InChI is InChI=1S/C24H26F3NO2/c25-24(26,27)30-19-9-10-20(16-7-8-16)21(13-19)18-14-23(29-15-18)11-4-12-28-22(23)17-5-2-1-3-6-17/h1-3,5-6,9-10,13,16,18,22,28H,4,7-8,11-12,14-15H2/t18-,22+,23-/m1/s1. The van der Waals surface area contributed by atoms with Crippen molar-refractivity contribution in [3.05, 3.63) is 65.2 Å². The fourth-order valence-electron chi connectivity index (χ4n) is 5.28. The van der Waals surface area contributed by atoms with Gasteiger partial charge in [0.15, 0.2) is 0 Å². The maximum atomic E-state index is 12.8. The molecule has 3 aliphatic rings. The van der Waals surface area contributed by atoms with Crippen molar-refractivity contribution in [1.29, 1.82) is 0 Å². The van der Waals surface area contributed by atoms with Crippen molar-refractivity contribution in [2.75, 3.05) is 13.2 Å². The maximum absolute atomic E-state index is 12.8. The van der Waals surface area contributed by atoms with Gasteiger partial charge in [0.1, 0.15) is 5.75 Å². The molecule has 1 aliphatic carbocycles. The van der Waals surface area contributed by atoms with Crippen LogP contribution in [0.15, 0.2) is 48.5 Å². The van der Waals surface area contributed by atoms with E-state index in [2.05, 4.69) is 22.2 Å². The number of nitrogens with one attached hydrogen (secondary N) is 1. The number of piperidine rings is 1. The van der Waals surface area contributed by atoms with E-state index in [-0.39, 0.29) is 23.3 Å². The normalized spacial score (nSPS) is 29.3. The molecule has 3 nitrogen and oxygen atoms in total. The van der Waals surface area contributed by atoms with E-state index in [0.717, 1.165) is 49.8 Å². The second-order valence-corrected chi connectivity index (χ2v) is 8.79. The summed E-state index contributed by atoms with van der Waals surface area (Å²) in [6.07, 6.45) is 0.293. The molecule has 0 unspecified atom stereocenters. The molecule has 2 saturated heterocycles. The molecule has 2 heterocycles. The average molecular weight is 417 g/mol. The van der Waals surface area contributed by atoms with Crippen LogP contribution in [0, 0.1) is 0 Å². The minimum atomic E-state index is -4.68. The van der Waals surface area contributed by atoms with Crippen LogP contribution >= 0.6 is 0 Å². The molecule has 1 N–H and O–H groups in total. The highest BCUT2D eigenvalue weighted by Crippen LogP contribution is 2.51. The molecular formula is C24H26F3NO2. The van der Waals surface area contributed by atoms with Gasteiger partial charge in [-0.3, -0.25) is 0 Å². The molecule has 1 saturated carbocycles. The highest BCUT2D eigenvalue weighted by molar-refractivity contribution is 5.43. The number of alkyl halides is 3. The van der Waals surface area contributed by atoms with Crippen molar-refractivity contribution >= 4 is 0 Å². The zero-order valence-corrected chi connectivity index (χ0v) is 16.8. The van der Waals surface area contributed by atoms with Gasteiger partial charge in [-0.15, -0.1) is 13.2 Å². The van der Waals surface area contributed by atoms with Gasteiger partial charge in [-0.2, -0.15) is 0 Å². The lowest BCUT2D eigenvalue weighted by Crippen LogP contribution is -2.48. The number of hydrogen-bond acceptors (Lipinski definition) is 3. The number of hydrogen-bond donors (Lipinski definition) is 1. The number of benzene rings is 2. The van der Waals surface area contributed by atoms with Gasteiger partial charge in [0.25, 0.3) is 0 Å². The van der Waals surface area contributed by atoms with Gasteiger partial charge in [0, 0.05) is 5.92 Å². The smallest absolute Gasteiger partial charge is 0.406 e. The van der Waals surface area contributed by atoms with E-state index >= 15 is 0 Å². The van der Waals surface area contributed by atoms with Crippen LogP contribution in [0.25, 0.3) is 0 Å². The van der Waals surface area contributed by atoms with Crippen LogP contribution in [-0.2, 0) is 4.74 Å². The van der Waals surface area contributed by atoms with E-state index in [1.807, 2.05) is 24.3 Å². The van der Waals surface area contributed by atoms with Gasteiger partial charge in [0.2, 0.25) is 0 Å². The zero-order chi connectivity index (χ0) is 20.8. The van der Waals surface area contributed by atoms with Crippen molar-refractivity contribution < 1.29 is 22.6 Å². The molecule has 2 aromatic carbocycles. The lowest BCUT2D eigenvalue weighted by Gasteiger charge is -2.41. The van der Waals surface area contributed by atoms with Crippen LogP contribution < -0.4 is 10.1 Å². The molecule has 0 aromatic heterocycles. The SMILES string of the molecule is FC(F)(F)Oc1ccc(C2CC2)c([C@H]2CO[C@]3(CCCN[C@H]3c3ccccc3)C2)c1. The van der Waals surface area contributed by atoms with Crippen LogP contribution in [0.5, 0.6) is 5.75 Å². The Labute approximate surface area is 174 Å². The molecule has 6 heteroatoms. The molecule has 3 atom stereocenters. The fraction of sp³-hybridized carbons (Fsp3) is 0.500. The monoisotopic (exact) mass is 417 g/mol. The molecule has 0 radical (unpaired) electrons. The molecule has 160 valence electrons. The second-order valence-electron chi connectivity index (χ2n) is 8.79. The third-order valence-electron chi connectivity index (χ3n) is 6.70. The van der Waals surface area contributed by atoms with Gasteiger partial charge >= 0.3 is 6.36 Å². The van der Waals surface area contributed by atoms with Crippen molar-refractivity contribution in [2.24, 2.45) is 0 Å². The van der Waals surface area contributed by atoms with Gasteiger partial charge in [0.05, 0.1) is 18.2 Å². The lowest BCUT2D eigenvalue weighted by atomic mass is 9.76. The average Bonchev–Trinajstić information content (AvgIpc) is 3.49. The van der Waals surface area contributed by atoms with E-state index in [9.17, 15) is 13.2 Å². The van der Waals surface area contributed by atoms with E-state index in [1.54, 1.807) is 6.07 Å². The first kappa shape index (κ1) is 19.9. The molecule has 2 aliphatic heterocycles. The van der Waals surface area contributed by atoms with Crippen LogP contribution in [-0.4, -0.2) is 25.1 Å². The van der Waals surface area contributed by atoms with Crippen molar-refractivity contribution in [3.8, 4) is 5.75 Å². The number of ether oxygens (including phenoxy) is 2. The molecular weight excluding hydrogens is 391 g/mol. The molecule has 30 heavy (non-hydrogen) atoms. The fourth-order valence-corrected chi connectivity index (χ4v) is 5.28. The van der Waals surface area contributed by atoms with Gasteiger partial charge in [-0.05, 0) is 73.4 Å². The molecule has 2 aromatic rings. The molecule has 1 spiro atoms. The van der Waals surface area contributed by atoms with Crippen LogP contribution in [0.1, 0.15) is 66.7 Å². The highest BCUT2D eigenvalue weighted by Gasteiger charge is 2.49. The Kier molecular flexibility index (Phi) is 5.02. The van der Waals surface area contributed by atoms with Gasteiger partial charge in [-0.25, -0.2) is 0 Å². The predicted molar refractivity (Wildman–Crippen MR) is 108 cm³/mol. The molecule has 5 rings (SSSR count). The summed E-state index contributed by atoms with van der Waals surface area (Å²) in [5.74, 6) is 0.388. The zero-order valence-electron chi connectivity index (χ0n) is 16.8. The Bertz CT molecular complexity index is 897. The largest absolute Gasteiger partial charge is 0.573 e. The number of halogens is 3. The van der Waals surface area contributed by atoms with E-state index in [4.69, 9.17) is 4.74 Å². The summed E-state index contributed by atoms with van der Waals surface area (Å²) >= 11 is 0. The second kappa shape index (κ2) is 7.57. The Morgan fingerprint density at radius 3 is 2.53 bits per heavy atom. The maximum Gasteiger partial charge on any atom is 0.573 e. The Morgan fingerprint density at radius 1 is 1.00 bits per heavy atom. The van der Waals surface area contributed by atoms with Crippen molar-refractivity contribution in [2.45, 2.75) is 61.9 Å². The van der Waals surface area contributed by atoms with E-state index in [1.165, 1.54) is 11.6 Å². The topological polar surface area (TPSA) is 30.5 Å². The summed E-state index contributed by atoms with van der Waals surface area (Å²) in [7, 11) is 0. The predicted octanol–water partition coefficient (Wildman–Crippen LogP) is 5.83. The minimum absolute atomic E-state index is 0.0727. The van der Waals surface area contributed by atoms with Crippen molar-refractivity contribution in [3.63, 3.8) is 0 Å².